The van der Waals surface area contributed by atoms with Crippen molar-refractivity contribution in [1.82, 2.24) is 4.90 Å². The third-order valence-corrected chi connectivity index (χ3v) is 4.27. The quantitative estimate of drug-likeness (QED) is 0.936. The van der Waals surface area contributed by atoms with E-state index in [0.717, 1.165) is 30.2 Å². The number of piperazine rings is 1. The first-order valence-electron chi connectivity index (χ1n) is 8.14. The molecule has 128 valence electrons. The molecule has 1 aliphatic rings. The molecule has 25 heavy (non-hydrogen) atoms. The van der Waals surface area contributed by atoms with E-state index in [1.165, 1.54) is 0 Å². The van der Waals surface area contributed by atoms with E-state index >= 15 is 0 Å². The number of benzene rings is 2. The summed E-state index contributed by atoms with van der Waals surface area (Å²) in [4.78, 5) is 16.4. The molecule has 6 heteroatoms. The lowest BCUT2D eigenvalue weighted by molar-refractivity contribution is 0.208. The average molecular weight is 336 g/mol. The molecule has 0 unspecified atom stereocenters. The predicted molar refractivity (Wildman–Crippen MR) is 97.0 cm³/mol. The van der Waals surface area contributed by atoms with E-state index < -0.39 is 0 Å². The van der Waals surface area contributed by atoms with Gasteiger partial charge in [0.15, 0.2) is 0 Å². The van der Waals surface area contributed by atoms with E-state index in [2.05, 4.69) is 16.3 Å². The number of rotatable bonds is 3. The Hall–Kier alpha value is -3.20. The van der Waals surface area contributed by atoms with Crippen molar-refractivity contribution in [2.75, 3.05) is 43.5 Å². The summed E-state index contributed by atoms with van der Waals surface area (Å²) in [6.45, 7) is 2.84. The molecule has 3 rings (SSSR count). The monoisotopic (exact) mass is 336 g/mol. The minimum atomic E-state index is -0.0929. The van der Waals surface area contributed by atoms with Gasteiger partial charge >= 0.3 is 6.03 Å². The van der Waals surface area contributed by atoms with Gasteiger partial charge in [-0.05, 0) is 48.5 Å². The second kappa shape index (κ2) is 7.58. The van der Waals surface area contributed by atoms with Crippen LogP contribution in [0.4, 0.5) is 16.2 Å². The summed E-state index contributed by atoms with van der Waals surface area (Å²) >= 11 is 0. The zero-order valence-corrected chi connectivity index (χ0v) is 14.1. The molecule has 6 nitrogen and oxygen atoms in total. The van der Waals surface area contributed by atoms with E-state index in [-0.39, 0.29) is 6.03 Å². The second-order valence-corrected chi connectivity index (χ2v) is 5.79. The normalized spacial score (nSPS) is 13.9. The fourth-order valence-corrected chi connectivity index (χ4v) is 2.79. The summed E-state index contributed by atoms with van der Waals surface area (Å²) in [5.74, 6) is 0.758. The summed E-state index contributed by atoms with van der Waals surface area (Å²) in [5.41, 5.74) is 2.48. The van der Waals surface area contributed by atoms with E-state index in [4.69, 9.17) is 10.00 Å². The van der Waals surface area contributed by atoms with Gasteiger partial charge in [-0.15, -0.1) is 0 Å². The van der Waals surface area contributed by atoms with Crippen LogP contribution in [0.5, 0.6) is 5.75 Å². The largest absolute Gasteiger partial charge is 0.497 e. The molecule has 0 saturated carbocycles. The van der Waals surface area contributed by atoms with Crippen molar-refractivity contribution in [1.29, 1.82) is 5.26 Å². The molecule has 0 bridgehead atoms. The number of carbonyl (C=O) groups is 1. The van der Waals surface area contributed by atoms with Crippen LogP contribution in [0.15, 0.2) is 48.5 Å². The summed E-state index contributed by atoms with van der Waals surface area (Å²) in [6, 6.07) is 16.8. The Morgan fingerprint density at radius 3 is 2.24 bits per heavy atom. The first-order valence-corrected chi connectivity index (χ1v) is 8.14. The van der Waals surface area contributed by atoms with Gasteiger partial charge in [-0.3, -0.25) is 0 Å². The Morgan fingerprint density at radius 1 is 1.04 bits per heavy atom. The molecule has 2 amide bonds. The lowest BCUT2D eigenvalue weighted by atomic mass is 10.2. The molecule has 2 aromatic rings. The first kappa shape index (κ1) is 16.7. The molecule has 1 N–H and O–H groups in total. The van der Waals surface area contributed by atoms with Crippen molar-refractivity contribution < 1.29 is 9.53 Å². The maximum atomic E-state index is 12.4. The maximum absolute atomic E-state index is 12.4. The van der Waals surface area contributed by atoms with Gasteiger partial charge in [0, 0.05) is 37.6 Å². The number of nitrogens with one attached hydrogen (secondary N) is 1. The van der Waals surface area contributed by atoms with Crippen molar-refractivity contribution in [3.63, 3.8) is 0 Å². The highest BCUT2D eigenvalue weighted by atomic mass is 16.5. The lowest BCUT2D eigenvalue weighted by Crippen LogP contribution is -2.50. The molecule has 1 saturated heterocycles. The fraction of sp³-hybridized carbons (Fsp3) is 0.263. The fourth-order valence-electron chi connectivity index (χ4n) is 2.79. The molecule has 0 aromatic heterocycles. The van der Waals surface area contributed by atoms with Gasteiger partial charge in [-0.2, -0.15) is 5.26 Å². The Balaban J connectivity index is 1.53. The molecule has 1 heterocycles. The Bertz CT molecular complexity index is 758. The maximum Gasteiger partial charge on any atom is 0.321 e. The molecule has 0 radical (unpaired) electrons. The van der Waals surface area contributed by atoms with Gasteiger partial charge in [-0.1, -0.05) is 0 Å². The molecule has 1 aliphatic heterocycles. The van der Waals surface area contributed by atoms with Crippen LogP contribution in [-0.4, -0.2) is 44.2 Å². The number of amides is 2. The van der Waals surface area contributed by atoms with E-state index in [1.807, 2.05) is 53.4 Å². The summed E-state index contributed by atoms with van der Waals surface area (Å²) in [5, 5.41) is 11.8. The second-order valence-electron chi connectivity index (χ2n) is 5.79. The number of carbonyl (C=O) groups excluding carboxylic acids is 1. The van der Waals surface area contributed by atoms with Crippen molar-refractivity contribution in [3.8, 4) is 11.8 Å². The molecule has 0 aliphatic carbocycles. The molecule has 0 spiro atoms. The van der Waals surface area contributed by atoms with E-state index in [1.54, 1.807) is 7.11 Å². The number of nitriles is 1. The Labute approximate surface area is 147 Å². The number of hydrogen-bond donors (Lipinski definition) is 1. The van der Waals surface area contributed by atoms with Gasteiger partial charge in [0.25, 0.3) is 0 Å². The number of methoxy groups -OCH3 is 1. The summed E-state index contributed by atoms with van der Waals surface area (Å²) < 4.78 is 5.11. The first-order chi connectivity index (χ1) is 12.2. The van der Waals surface area contributed by atoms with Crippen molar-refractivity contribution >= 4 is 17.4 Å². The summed E-state index contributed by atoms with van der Waals surface area (Å²) in [7, 11) is 1.61. The minimum absolute atomic E-state index is 0.0929. The number of nitrogens with zero attached hydrogens (tertiary/aromatic N) is 3. The van der Waals surface area contributed by atoms with Gasteiger partial charge in [-0.25, -0.2) is 4.79 Å². The Kier molecular flexibility index (Phi) is 5.05. The van der Waals surface area contributed by atoms with Crippen LogP contribution in [-0.2, 0) is 0 Å². The highest BCUT2D eigenvalue weighted by molar-refractivity contribution is 5.89. The molecular formula is C19H20N4O2. The Morgan fingerprint density at radius 2 is 1.68 bits per heavy atom. The van der Waals surface area contributed by atoms with E-state index in [9.17, 15) is 4.79 Å². The number of ether oxygens (including phenoxy) is 1. The predicted octanol–water partition coefficient (Wildman–Crippen LogP) is 2.92. The number of anilines is 2. The van der Waals surface area contributed by atoms with Crippen LogP contribution in [0, 0.1) is 11.3 Å². The third kappa shape index (κ3) is 4.01. The van der Waals surface area contributed by atoms with Gasteiger partial charge in [0.1, 0.15) is 5.75 Å². The molecular weight excluding hydrogens is 316 g/mol. The summed E-state index contributed by atoms with van der Waals surface area (Å²) in [6.07, 6.45) is 0. The minimum Gasteiger partial charge on any atom is -0.497 e. The van der Waals surface area contributed by atoms with E-state index in [0.29, 0.717) is 18.7 Å². The standard InChI is InChI=1S/C19H20N4O2/c1-25-18-8-4-16(5-9-18)21-19(24)23-12-10-22(11-13-23)17-6-2-15(14-20)3-7-17/h2-9H,10-13H2,1H3,(H,21,24). The zero-order chi connectivity index (χ0) is 17.6. The molecule has 1 fully saturated rings. The van der Waals surface area contributed by atoms with Gasteiger partial charge in [0.2, 0.25) is 0 Å². The third-order valence-electron chi connectivity index (χ3n) is 4.27. The van der Waals surface area contributed by atoms with Crippen molar-refractivity contribution in [2.45, 2.75) is 0 Å². The van der Waals surface area contributed by atoms with Gasteiger partial charge in [0.05, 0.1) is 18.7 Å². The van der Waals surface area contributed by atoms with Crippen LogP contribution in [0.3, 0.4) is 0 Å². The van der Waals surface area contributed by atoms with Crippen molar-refractivity contribution in [2.24, 2.45) is 0 Å². The van der Waals surface area contributed by atoms with Crippen LogP contribution in [0.25, 0.3) is 0 Å². The number of hydrogen-bond acceptors (Lipinski definition) is 4. The molecule has 0 atom stereocenters. The van der Waals surface area contributed by atoms with Crippen LogP contribution in [0.2, 0.25) is 0 Å². The van der Waals surface area contributed by atoms with Crippen LogP contribution >= 0.6 is 0 Å². The number of urea groups is 1. The van der Waals surface area contributed by atoms with Crippen LogP contribution in [0.1, 0.15) is 5.56 Å². The topological polar surface area (TPSA) is 68.6 Å². The average Bonchev–Trinajstić information content (AvgIpc) is 2.69. The zero-order valence-electron chi connectivity index (χ0n) is 14.1. The lowest BCUT2D eigenvalue weighted by Gasteiger charge is -2.36. The highest BCUT2D eigenvalue weighted by Gasteiger charge is 2.21. The van der Waals surface area contributed by atoms with Crippen molar-refractivity contribution in [3.05, 3.63) is 54.1 Å². The SMILES string of the molecule is COc1ccc(NC(=O)N2CCN(c3ccc(C#N)cc3)CC2)cc1. The van der Waals surface area contributed by atoms with Gasteiger partial charge < -0.3 is 19.9 Å². The smallest absolute Gasteiger partial charge is 0.321 e. The van der Waals surface area contributed by atoms with Crippen LogP contribution < -0.4 is 15.0 Å². The highest BCUT2D eigenvalue weighted by Crippen LogP contribution is 2.19. The molecule has 2 aromatic carbocycles.